The molecule has 2 rings (SSSR count). The molecule has 0 aliphatic rings. The van der Waals surface area contributed by atoms with Crippen molar-refractivity contribution >= 4 is 11.7 Å². The summed E-state index contributed by atoms with van der Waals surface area (Å²) in [6, 6.07) is 11.3. The Labute approximate surface area is 112 Å². The zero-order valence-electron chi connectivity index (χ0n) is 10.8. The highest BCUT2D eigenvalue weighted by Crippen LogP contribution is 2.11. The van der Waals surface area contributed by atoms with Crippen LogP contribution >= 0.6 is 0 Å². The summed E-state index contributed by atoms with van der Waals surface area (Å²) in [7, 11) is 0. The number of anilines is 1. The number of hydrogen-bond donors (Lipinski definition) is 2. The third-order valence-electron chi connectivity index (χ3n) is 2.77. The van der Waals surface area contributed by atoms with E-state index in [4.69, 9.17) is 4.74 Å². The third kappa shape index (κ3) is 4.13. The largest absolute Gasteiger partial charge is 0.494 e. The average Bonchev–Trinajstić information content (AvgIpc) is 2.92. The Morgan fingerprint density at radius 2 is 2.16 bits per heavy atom. The Bertz CT molecular complexity index is 497. The van der Waals surface area contributed by atoms with Gasteiger partial charge in [-0.1, -0.05) is 25.1 Å². The summed E-state index contributed by atoms with van der Waals surface area (Å²) in [6.07, 6.45) is 2.26. The average molecular weight is 259 g/mol. The fraction of sp³-hybridized carbons (Fsp3) is 0.286. The lowest BCUT2D eigenvalue weighted by Gasteiger charge is -2.11. The van der Waals surface area contributed by atoms with Gasteiger partial charge in [0.1, 0.15) is 11.6 Å². The van der Waals surface area contributed by atoms with Crippen LogP contribution < -0.4 is 10.1 Å². The molecule has 1 amide bonds. The number of hydrogen-bond acceptors (Lipinski definition) is 3. The van der Waals surface area contributed by atoms with Crippen LogP contribution in [0.25, 0.3) is 0 Å². The second-order valence-electron chi connectivity index (χ2n) is 4.31. The van der Waals surface area contributed by atoms with Gasteiger partial charge in [0, 0.05) is 12.0 Å². The van der Waals surface area contributed by atoms with Crippen LogP contribution in [0.15, 0.2) is 42.6 Å². The van der Waals surface area contributed by atoms with Crippen molar-refractivity contribution in [3.63, 3.8) is 0 Å². The molecule has 100 valence electrons. The maximum Gasteiger partial charge on any atom is 0.228 e. The van der Waals surface area contributed by atoms with Crippen molar-refractivity contribution in [2.75, 3.05) is 11.9 Å². The maximum absolute atomic E-state index is 11.8. The lowest BCUT2D eigenvalue weighted by Crippen LogP contribution is -2.22. The van der Waals surface area contributed by atoms with Crippen LogP contribution in [0.5, 0.6) is 5.75 Å². The predicted molar refractivity (Wildman–Crippen MR) is 72.9 cm³/mol. The monoisotopic (exact) mass is 259 g/mol. The quantitative estimate of drug-likeness (QED) is 0.837. The number of carbonyl (C=O) groups is 1. The summed E-state index contributed by atoms with van der Waals surface area (Å²) < 4.78 is 5.56. The van der Waals surface area contributed by atoms with Crippen LogP contribution in [0, 0.1) is 5.92 Å². The molecule has 0 radical (unpaired) electrons. The summed E-state index contributed by atoms with van der Waals surface area (Å²) in [5.74, 6) is 1.28. The summed E-state index contributed by atoms with van der Waals surface area (Å²) in [6.45, 7) is 2.39. The number of para-hydroxylation sites is 1. The van der Waals surface area contributed by atoms with Crippen molar-refractivity contribution in [3.8, 4) is 5.75 Å². The lowest BCUT2D eigenvalue weighted by atomic mass is 10.1. The Kier molecular flexibility index (Phi) is 4.55. The Balaban J connectivity index is 1.72. The zero-order chi connectivity index (χ0) is 13.5. The molecule has 1 aromatic heterocycles. The zero-order valence-corrected chi connectivity index (χ0v) is 10.8. The normalized spacial score (nSPS) is 11.8. The molecule has 5 nitrogen and oxygen atoms in total. The Morgan fingerprint density at radius 3 is 2.84 bits per heavy atom. The SMILES string of the molecule is CC(CCOc1ccccc1)C(=O)Nc1ccn[nH]1. The van der Waals surface area contributed by atoms with Gasteiger partial charge < -0.3 is 10.1 Å². The van der Waals surface area contributed by atoms with Gasteiger partial charge in [0.05, 0.1) is 12.8 Å². The molecule has 1 unspecified atom stereocenters. The molecule has 1 atom stereocenters. The van der Waals surface area contributed by atoms with E-state index in [-0.39, 0.29) is 11.8 Å². The molecule has 0 spiro atoms. The second-order valence-corrected chi connectivity index (χ2v) is 4.31. The van der Waals surface area contributed by atoms with Gasteiger partial charge in [0.15, 0.2) is 0 Å². The number of nitrogens with zero attached hydrogens (tertiary/aromatic N) is 1. The van der Waals surface area contributed by atoms with Crippen molar-refractivity contribution < 1.29 is 9.53 Å². The number of amides is 1. The fourth-order valence-corrected chi connectivity index (χ4v) is 1.58. The first kappa shape index (κ1) is 13.1. The highest BCUT2D eigenvalue weighted by Gasteiger charge is 2.13. The molecule has 2 N–H and O–H groups in total. The van der Waals surface area contributed by atoms with Gasteiger partial charge >= 0.3 is 0 Å². The fourth-order valence-electron chi connectivity index (χ4n) is 1.58. The second kappa shape index (κ2) is 6.58. The Hall–Kier alpha value is -2.30. The summed E-state index contributed by atoms with van der Waals surface area (Å²) in [5.41, 5.74) is 0. The number of carbonyl (C=O) groups excluding carboxylic acids is 1. The number of aromatic nitrogens is 2. The van der Waals surface area contributed by atoms with Crippen molar-refractivity contribution in [3.05, 3.63) is 42.6 Å². The molecule has 5 heteroatoms. The maximum atomic E-state index is 11.8. The van der Waals surface area contributed by atoms with E-state index in [0.29, 0.717) is 18.8 Å². The summed E-state index contributed by atoms with van der Waals surface area (Å²) in [4.78, 5) is 11.8. The molecule has 0 fully saturated rings. The number of aromatic amines is 1. The molecular weight excluding hydrogens is 242 g/mol. The standard InChI is InChI=1S/C14H17N3O2/c1-11(14(18)16-13-7-9-15-17-13)8-10-19-12-5-3-2-4-6-12/h2-7,9,11H,8,10H2,1H3,(H2,15,16,17,18). The number of benzene rings is 1. The van der Waals surface area contributed by atoms with Gasteiger partial charge in [0.25, 0.3) is 0 Å². The van der Waals surface area contributed by atoms with Crippen molar-refractivity contribution in [1.82, 2.24) is 10.2 Å². The molecule has 19 heavy (non-hydrogen) atoms. The first-order chi connectivity index (χ1) is 9.25. The molecule has 0 aliphatic carbocycles. The molecule has 0 aliphatic heterocycles. The molecule has 1 heterocycles. The number of nitrogens with one attached hydrogen (secondary N) is 2. The van der Waals surface area contributed by atoms with Crippen LogP contribution in [0.1, 0.15) is 13.3 Å². The highest BCUT2D eigenvalue weighted by atomic mass is 16.5. The van der Waals surface area contributed by atoms with Crippen LogP contribution in [-0.2, 0) is 4.79 Å². The van der Waals surface area contributed by atoms with Gasteiger partial charge in [-0.25, -0.2) is 0 Å². The van der Waals surface area contributed by atoms with Gasteiger partial charge in [0.2, 0.25) is 5.91 Å². The summed E-state index contributed by atoms with van der Waals surface area (Å²) in [5, 5.41) is 9.22. The van der Waals surface area contributed by atoms with Crippen LogP contribution in [0.3, 0.4) is 0 Å². The smallest absolute Gasteiger partial charge is 0.228 e. The Morgan fingerprint density at radius 1 is 1.37 bits per heavy atom. The van der Waals surface area contributed by atoms with E-state index in [1.54, 1.807) is 12.3 Å². The van der Waals surface area contributed by atoms with E-state index in [1.165, 1.54) is 0 Å². The molecule has 0 saturated carbocycles. The molecule has 0 bridgehead atoms. The van der Waals surface area contributed by atoms with E-state index in [0.717, 1.165) is 5.75 Å². The number of ether oxygens (including phenoxy) is 1. The van der Waals surface area contributed by atoms with Gasteiger partial charge in [-0.3, -0.25) is 9.89 Å². The first-order valence-corrected chi connectivity index (χ1v) is 6.24. The predicted octanol–water partition coefficient (Wildman–Crippen LogP) is 2.45. The molecule has 2 aromatic rings. The van der Waals surface area contributed by atoms with Crippen molar-refractivity contribution in [2.24, 2.45) is 5.92 Å². The van der Waals surface area contributed by atoms with Crippen LogP contribution in [0.2, 0.25) is 0 Å². The minimum absolute atomic E-state index is 0.0408. The first-order valence-electron chi connectivity index (χ1n) is 6.24. The van der Waals surface area contributed by atoms with Crippen molar-refractivity contribution in [2.45, 2.75) is 13.3 Å². The topological polar surface area (TPSA) is 67.0 Å². The van der Waals surface area contributed by atoms with E-state index in [1.807, 2.05) is 37.3 Å². The third-order valence-corrected chi connectivity index (χ3v) is 2.77. The number of H-pyrrole nitrogens is 1. The highest BCUT2D eigenvalue weighted by molar-refractivity contribution is 5.91. The van der Waals surface area contributed by atoms with E-state index in [9.17, 15) is 4.79 Å². The van der Waals surface area contributed by atoms with Gasteiger partial charge in [-0.15, -0.1) is 0 Å². The van der Waals surface area contributed by atoms with Crippen LogP contribution in [-0.4, -0.2) is 22.7 Å². The molecule has 1 aromatic carbocycles. The van der Waals surface area contributed by atoms with E-state index in [2.05, 4.69) is 15.5 Å². The van der Waals surface area contributed by atoms with E-state index >= 15 is 0 Å². The van der Waals surface area contributed by atoms with Crippen LogP contribution in [0.4, 0.5) is 5.82 Å². The molecular formula is C14H17N3O2. The summed E-state index contributed by atoms with van der Waals surface area (Å²) >= 11 is 0. The van der Waals surface area contributed by atoms with E-state index < -0.39 is 0 Å². The van der Waals surface area contributed by atoms with Crippen molar-refractivity contribution in [1.29, 1.82) is 0 Å². The van der Waals surface area contributed by atoms with Gasteiger partial charge in [-0.05, 0) is 18.6 Å². The molecule has 0 saturated heterocycles. The van der Waals surface area contributed by atoms with Gasteiger partial charge in [-0.2, -0.15) is 5.10 Å². The minimum Gasteiger partial charge on any atom is -0.494 e. The number of rotatable bonds is 6. The minimum atomic E-state index is -0.119. The lowest BCUT2D eigenvalue weighted by molar-refractivity contribution is -0.119.